The Balaban J connectivity index is 2.14. The van der Waals surface area contributed by atoms with Gasteiger partial charge in [0.1, 0.15) is 0 Å². The van der Waals surface area contributed by atoms with Gasteiger partial charge in [-0.25, -0.2) is 0 Å². The van der Waals surface area contributed by atoms with Gasteiger partial charge in [0.2, 0.25) is 0 Å². The summed E-state index contributed by atoms with van der Waals surface area (Å²) in [5.41, 5.74) is 7.62. The number of nitrogens with zero attached hydrogens (tertiary/aromatic N) is 3. The third kappa shape index (κ3) is 3.98. The summed E-state index contributed by atoms with van der Waals surface area (Å²) in [6, 6.07) is 3.59. The summed E-state index contributed by atoms with van der Waals surface area (Å²) >= 11 is 0. The van der Waals surface area contributed by atoms with Crippen LogP contribution in [0.4, 0.5) is 5.82 Å². The summed E-state index contributed by atoms with van der Waals surface area (Å²) in [6.07, 6.45) is 5.56. The molecule has 0 saturated carbocycles. The third-order valence-electron chi connectivity index (χ3n) is 3.05. The van der Waals surface area contributed by atoms with Crippen molar-refractivity contribution in [3.05, 3.63) is 36.3 Å². The van der Waals surface area contributed by atoms with Crippen LogP contribution in [-0.2, 0) is 4.74 Å². The molecular formula is C15H19N5O2. The van der Waals surface area contributed by atoms with E-state index in [-0.39, 0.29) is 11.7 Å². The highest BCUT2D eigenvalue weighted by atomic mass is 16.5. The maximum Gasteiger partial charge on any atom is 0.255 e. The van der Waals surface area contributed by atoms with Crippen LogP contribution in [-0.4, -0.2) is 40.8 Å². The Kier molecular flexibility index (Phi) is 5.79. The summed E-state index contributed by atoms with van der Waals surface area (Å²) < 4.78 is 5.23. The van der Waals surface area contributed by atoms with E-state index < -0.39 is 0 Å². The molecule has 2 rings (SSSR count). The largest absolute Gasteiger partial charge is 0.382 e. The number of pyridine rings is 1. The van der Waals surface area contributed by atoms with E-state index >= 15 is 0 Å². The lowest BCUT2D eigenvalue weighted by molar-refractivity contribution is 0.0945. The highest BCUT2D eigenvalue weighted by Gasteiger charge is 2.17. The van der Waals surface area contributed by atoms with Crippen molar-refractivity contribution in [3.8, 4) is 11.1 Å². The predicted molar refractivity (Wildman–Crippen MR) is 83.1 cm³/mol. The van der Waals surface area contributed by atoms with Crippen molar-refractivity contribution in [1.29, 1.82) is 0 Å². The van der Waals surface area contributed by atoms with Crippen LogP contribution >= 0.6 is 0 Å². The fraction of sp³-hybridized carbons (Fsp3) is 0.333. The molecule has 0 bridgehead atoms. The van der Waals surface area contributed by atoms with Crippen molar-refractivity contribution in [2.75, 3.05) is 25.5 Å². The molecule has 0 aliphatic heterocycles. The molecule has 0 saturated heterocycles. The SMILES string of the molecule is CCOCCCNC(=O)c1c(-c2ccncc2)cnnc1N. The van der Waals surface area contributed by atoms with Crippen LogP contribution < -0.4 is 11.1 Å². The summed E-state index contributed by atoms with van der Waals surface area (Å²) in [5, 5.41) is 10.4. The topological polar surface area (TPSA) is 103 Å². The predicted octanol–water partition coefficient (Wildman–Crippen LogP) is 1.28. The van der Waals surface area contributed by atoms with Gasteiger partial charge in [-0.15, -0.1) is 5.10 Å². The molecule has 0 atom stereocenters. The molecule has 0 spiro atoms. The van der Waals surface area contributed by atoms with Crippen molar-refractivity contribution in [3.63, 3.8) is 0 Å². The first-order valence-electron chi connectivity index (χ1n) is 7.11. The number of anilines is 1. The average molecular weight is 301 g/mol. The molecule has 0 aliphatic carbocycles. The Hall–Kier alpha value is -2.54. The monoisotopic (exact) mass is 301 g/mol. The van der Waals surface area contributed by atoms with Gasteiger partial charge in [0, 0.05) is 37.7 Å². The zero-order chi connectivity index (χ0) is 15.8. The van der Waals surface area contributed by atoms with Gasteiger partial charge in [0.25, 0.3) is 5.91 Å². The van der Waals surface area contributed by atoms with Gasteiger partial charge in [-0.3, -0.25) is 9.78 Å². The number of amides is 1. The molecule has 0 radical (unpaired) electrons. The third-order valence-corrected chi connectivity index (χ3v) is 3.05. The van der Waals surface area contributed by atoms with Gasteiger partial charge in [0.05, 0.1) is 11.8 Å². The van der Waals surface area contributed by atoms with Gasteiger partial charge in [0.15, 0.2) is 5.82 Å². The summed E-state index contributed by atoms with van der Waals surface area (Å²) in [6.45, 7) is 3.72. The first-order chi connectivity index (χ1) is 10.7. The molecule has 1 amide bonds. The van der Waals surface area contributed by atoms with Crippen LogP contribution in [0.15, 0.2) is 30.7 Å². The first-order valence-corrected chi connectivity index (χ1v) is 7.11. The fourth-order valence-corrected chi connectivity index (χ4v) is 2.00. The number of hydrogen-bond donors (Lipinski definition) is 2. The number of hydrogen-bond acceptors (Lipinski definition) is 6. The minimum Gasteiger partial charge on any atom is -0.382 e. The second kappa shape index (κ2) is 8.04. The number of nitrogens with one attached hydrogen (secondary N) is 1. The highest BCUT2D eigenvalue weighted by Crippen LogP contribution is 2.24. The molecule has 0 fully saturated rings. The van der Waals surface area contributed by atoms with Crippen LogP contribution in [0.3, 0.4) is 0 Å². The normalized spacial score (nSPS) is 10.4. The van der Waals surface area contributed by atoms with Gasteiger partial charge < -0.3 is 15.8 Å². The van der Waals surface area contributed by atoms with E-state index in [1.165, 1.54) is 6.20 Å². The molecule has 7 heteroatoms. The van der Waals surface area contributed by atoms with E-state index in [0.29, 0.717) is 30.9 Å². The zero-order valence-corrected chi connectivity index (χ0v) is 12.5. The molecule has 2 aromatic heterocycles. The average Bonchev–Trinajstić information content (AvgIpc) is 2.55. The molecule has 2 heterocycles. The minimum atomic E-state index is -0.268. The minimum absolute atomic E-state index is 0.108. The maximum atomic E-state index is 12.4. The Morgan fingerprint density at radius 2 is 2.14 bits per heavy atom. The Bertz CT molecular complexity index is 619. The lowest BCUT2D eigenvalue weighted by Gasteiger charge is -2.11. The molecule has 0 aromatic carbocycles. The maximum absolute atomic E-state index is 12.4. The molecule has 116 valence electrons. The quantitative estimate of drug-likeness (QED) is 0.747. The van der Waals surface area contributed by atoms with E-state index in [9.17, 15) is 4.79 Å². The molecule has 0 unspecified atom stereocenters. The first kappa shape index (κ1) is 15.8. The number of ether oxygens (including phenoxy) is 1. The van der Waals surface area contributed by atoms with Crippen molar-refractivity contribution < 1.29 is 9.53 Å². The molecule has 2 aromatic rings. The fourth-order valence-electron chi connectivity index (χ4n) is 2.00. The highest BCUT2D eigenvalue weighted by molar-refractivity contribution is 6.04. The van der Waals surface area contributed by atoms with E-state index in [4.69, 9.17) is 10.5 Å². The number of carbonyl (C=O) groups is 1. The van der Waals surface area contributed by atoms with Crippen LogP contribution in [0.25, 0.3) is 11.1 Å². The number of carbonyl (C=O) groups excluding carboxylic acids is 1. The number of rotatable bonds is 7. The van der Waals surface area contributed by atoms with Crippen molar-refractivity contribution in [1.82, 2.24) is 20.5 Å². The Labute approximate surface area is 128 Å². The van der Waals surface area contributed by atoms with E-state index in [2.05, 4.69) is 20.5 Å². The van der Waals surface area contributed by atoms with E-state index in [0.717, 1.165) is 12.0 Å². The lowest BCUT2D eigenvalue weighted by Crippen LogP contribution is -2.27. The smallest absolute Gasteiger partial charge is 0.255 e. The zero-order valence-electron chi connectivity index (χ0n) is 12.5. The van der Waals surface area contributed by atoms with Crippen LogP contribution in [0, 0.1) is 0 Å². The van der Waals surface area contributed by atoms with Gasteiger partial charge in [-0.2, -0.15) is 5.10 Å². The van der Waals surface area contributed by atoms with Gasteiger partial charge in [-0.1, -0.05) is 0 Å². The Morgan fingerprint density at radius 3 is 2.86 bits per heavy atom. The molecular weight excluding hydrogens is 282 g/mol. The summed E-state index contributed by atoms with van der Waals surface area (Å²) in [7, 11) is 0. The number of nitrogen functional groups attached to an aromatic ring is 1. The second-order valence-electron chi connectivity index (χ2n) is 4.56. The van der Waals surface area contributed by atoms with E-state index in [1.807, 2.05) is 6.92 Å². The Morgan fingerprint density at radius 1 is 1.36 bits per heavy atom. The van der Waals surface area contributed by atoms with Crippen molar-refractivity contribution in [2.24, 2.45) is 0 Å². The molecule has 0 aliphatic rings. The molecule has 3 N–H and O–H groups in total. The molecule has 22 heavy (non-hydrogen) atoms. The van der Waals surface area contributed by atoms with Crippen molar-refractivity contribution >= 4 is 11.7 Å². The summed E-state index contributed by atoms with van der Waals surface area (Å²) in [5.74, 6) is -0.160. The van der Waals surface area contributed by atoms with Crippen LogP contribution in [0.2, 0.25) is 0 Å². The molecule has 7 nitrogen and oxygen atoms in total. The van der Waals surface area contributed by atoms with E-state index in [1.54, 1.807) is 24.5 Å². The van der Waals surface area contributed by atoms with Crippen LogP contribution in [0.1, 0.15) is 23.7 Å². The standard InChI is InChI=1S/C15H19N5O2/c1-2-22-9-3-6-18-15(21)13-12(10-19-20-14(13)16)11-4-7-17-8-5-11/h4-5,7-8,10H,2-3,6,9H2,1H3,(H2,16,20)(H,18,21). The lowest BCUT2D eigenvalue weighted by atomic mass is 10.0. The number of nitrogens with two attached hydrogens (primary N) is 1. The summed E-state index contributed by atoms with van der Waals surface area (Å²) in [4.78, 5) is 16.3. The number of aromatic nitrogens is 3. The second-order valence-corrected chi connectivity index (χ2v) is 4.56. The van der Waals surface area contributed by atoms with Crippen molar-refractivity contribution in [2.45, 2.75) is 13.3 Å². The van der Waals surface area contributed by atoms with Crippen LogP contribution in [0.5, 0.6) is 0 Å². The van der Waals surface area contributed by atoms with Gasteiger partial charge in [-0.05, 0) is 31.0 Å². The van der Waals surface area contributed by atoms with Gasteiger partial charge >= 0.3 is 0 Å².